The van der Waals surface area contributed by atoms with E-state index < -0.39 is 16.5 Å². The molecule has 0 bridgehead atoms. The van der Waals surface area contributed by atoms with Crippen LogP contribution in [0.25, 0.3) is 0 Å². The van der Waals surface area contributed by atoms with Crippen LogP contribution < -0.4 is 0 Å². The van der Waals surface area contributed by atoms with Crippen LogP contribution in [-0.2, 0) is 14.3 Å². The zero-order chi connectivity index (χ0) is 6.91. The normalized spacial score (nSPS) is 38.5. The highest BCUT2D eigenvalue weighted by atomic mass is 32.2. The van der Waals surface area contributed by atoms with Crippen molar-refractivity contribution >= 4 is 10.1 Å². The van der Waals surface area contributed by atoms with Crippen molar-refractivity contribution in [3.05, 3.63) is 0 Å². The Labute approximate surface area is 50.2 Å². The molecule has 0 aromatic carbocycles. The zero-order valence-corrected chi connectivity index (χ0v) is 5.15. The molecule has 1 saturated heterocycles. The lowest BCUT2D eigenvalue weighted by Gasteiger charge is -2.09. The molecule has 0 aromatic rings. The van der Waals surface area contributed by atoms with Crippen molar-refractivity contribution in [1.82, 2.24) is 0 Å². The van der Waals surface area contributed by atoms with Gasteiger partial charge in [0.25, 0.3) is 10.1 Å². The van der Waals surface area contributed by atoms with Crippen molar-refractivity contribution in [2.45, 2.75) is 12.8 Å². The smallest absolute Gasteiger partial charge is 0.267 e. The van der Waals surface area contributed by atoms with Crippen LogP contribution in [0.3, 0.4) is 0 Å². The highest BCUT2D eigenvalue weighted by Gasteiger charge is 2.14. The fourth-order valence-corrected chi connectivity index (χ4v) is 1.44. The lowest BCUT2D eigenvalue weighted by molar-refractivity contribution is 0.292. The number of hydrogen-bond donors (Lipinski definition) is 0. The van der Waals surface area contributed by atoms with E-state index in [9.17, 15) is 8.42 Å². The fourth-order valence-electron chi connectivity index (χ4n) is 0.534. The summed E-state index contributed by atoms with van der Waals surface area (Å²) in [6.45, 7) is 0.177. The van der Waals surface area contributed by atoms with E-state index in [-0.39, 0.29) is 12.4 Å². The lowest BCUT2D eigenvalue weighted by Crippen LogP contribution is -2.17. The van der Waals surface area contributed by atoms with E-state index in [0.717, 1.165) is 0 Å². The maximum absolute atomic E-state index is 10.5. The Hall–Kier alpha value is -0.0900. The SMILES string of the molecule is [2H]C1CCOS(=O)(=O)C1. The molecule has 0 spiro atoms. The van der Waals surface area contributed by atoms with E-state index in [0.29, 0.717) is 6.42 Å². The van der Waals surface area contributed by atoms with Crippen LogP contribution in [0.2, 0.25) is 0 Å². The first-order valence-corrected chi connectivity index (χ1v) is 3.97. The van der Waals surface area contributed by atoms with Crippen LogP contribution in [0.1, 0.15) is 14.2 Å². The first kappa shape index (κ1) is 4.76. The van der Waals surface area contributed by atoms with Crippen molar-refractivity contribution in [3.8, 4) is 0 Å². The molecule has 1 aliphatic rings. The summed E-state index contributed by atoms with van der Waals surface area (Å²) in [4.78, 5) is 0. The van der Waals surface area contributed by atoms with Crippen molar-refractivity contribution in [3.63, 3.8) is 0 Å². The molecule has 0 aliphatic carbocycles. The standard InChI is InChI=1S/C4H8O3S/c5-8(6)4-2-1-3-7-8/h1-4H2/i2D. The first-order valence-electron chi connectivity index (χ1n) is 2.97. The van der Waals surface area contributed by atoms with E-state index in [2.05, 4.69) is 4.18 Å². The van der Waals surface area contributed by atoms with Crippen LogP contribution in [0.4, 0.5) is 0 Å². The Balaban J connectivity index is 2.62. The van der Waals surface area contributed by atoms with Gasteiger partial charge in [-0.2, -0.15) is 8.42 Å². The van der Waals surface area contributed by atoms with Crippen LogP contribution in [0, 0.1) is 0 Å². The summed E-state index contributed by atoms with van der Waals surface area (Å²) in [6, 6.07) is 0. The molecule has 48 valence electrons. The molecule has 0 amide bonds. The van der Waals surface area contributed by atoms with Gasteiger partial charge in [-0.15, -0.1) is 0 Å². The third-order valence-corrected chi connectivity index (χ3v) is 2.08. The van der Waals surface area contributed by atoms with Gasteiger partial charge in [-0.1, -0.05) is 0 Å². The molecule has 1 atom stereocenters. The first-order chi connectivity index (χ1) is 4.10. The van der Waals surface area contributed by atoms with Crippen LogP contribution in [0.5, 0.6) is 0 Å². The summed E-state index contributed by atoms with van der Waals surface area (Å²) < 4.78 is 32.5. The predicted molar refractivity (Wildman–Crippen MR) is 29.0 cm³/mol. The van der Waals surface area contributed by atoms with Gasteiger partial charge in [-0.05, 0) is 12.8 Å². The maximum atomic E-state index is 10.5. The second kappa shape index (κ2) is 2.03. The fraction of sp³-hybridized carbons (Fsp3) is 1.00. The molecule has 1 aliphatic heterocycles. The Morgan fingerprint density at radius 3 is 2.75 bits per heavy atom. The lowest BCUT2D eigenvalue weighted by atomic mass is 10.4. The topological polar surface area (TPSA) is 43.4 Å². The average molecular weight is 137 g/mol. The minimum atomic E-state index is -3.32. The molecule has 0 N–H and O–H groups in total. The highest BCUT2D eigenvalue weighted by molar-refractivity contribution is 7.86. The third kappa shape index (κ3) is 1.45. The summed E-state index contributed by atoms with van der Waals surface area (Å²) in [5.41, 5.74) is 0. The Bertz CT molecular complexity index is 186. The van der Waals surface area contributed by atoms with Crippen LogP contribution in [0.15, 0.2) is 0 Å². The largest absolute Gasteiger partial charge is 0.270 e. The molecule has 0 aromatic heterocycles. The summed E-state index contributed by atoms with van der Waals surface area (Å²) in [7, 11) is -3.32. The van der Waals surface area contributed by atoms with Gasteiger partial charge in [0.05, 0.1) is 12.4 Å². The van der Waals surface area contributed by atoms with E-state index in [1.165, 1.54) is 0 Å². The molecule has 3 nitrogen and oxygen atoms in total. The molecule has 8 heavy (non-hydrogen) atoms. The quantitative estimate of drug-likeness (QED) is 0.445. The van der Waals surface area contributed by atoms with Gasteiger partial charge >= 0.3 is 0 Å². The summed E-state index contributed by atoms with van der Waals surface area (Å²) >= 11 is 0. The summed E-state index contributed by atoms with van der Waals surface area (Å²) in [6.07, 6.45) is 0.0444. The minimum Gasteiger partial charge on any atom is -0.270 e. The molecule has 4 heteroatoms. The second-order valence-corrected chi connectivity index (χ2v) is 3.31. The van der Waals surface area contributed by atoms with Crippen LogP contribution in [-0.4, -0.2) is 20.8 Å². The monoisotopic (exact) mass is 137 g/mol. The molecule has 0 saturated carbocycles. The van der Waals surface area contributed by atoms with Crippen molar-refractivity contribution in [2.24, 2.45) is 0 Å². The van der Waals surface area contributed by atoms with E-state index in [1.807, 2.05) is 0 Å². The van der Waals surface area contributed by atoms with Gasteiger partial charge in [-0.25, -0.2) is 0 Å². The van der Waals surface area contributed by atoms with Gasteiger partial charge in [0.1, 0.15) is 0 Å². The van der Waals surface area contributed by atoms with Crippen molar-refractivity contribution < 1.29 is 14.0 Å². The van der Waals surface area contributed by atoms with E-state index >= 15 is 0 Å². The van der Waals surface area contributed by atoms with Gasteiger partial charge < -0.3 is 0 Å². The maximum Gasteiger partial charge on any atom is 0.267 e. The van der Waals surface area contributed by atoms with Gasteiger partial charge in [-0.3, -0.25) is 4.18 Å². The van der Waals surface area contributed by atoms with Gasteiger partial charge in [0.2, 0.25) is 0 Å². The number of hydrogen-bond acceptors (Lipinski definition) is 3. The zero-order valence-electron chi connectivity index (χ0n) is 5.33. The Kier molecular flexibility index (Phi) is 1.21. The molecule has 1 unspecified atom stereocenters. The van der Waals surface area contributed by atoms with E-state index in [4.69, 9.17) is 1.37 Å². The van der Waals surface area contributed by atoms with Crippen molar-refractivity contribution in [2.75, 3.05) is 12.4 Å². The van der Waals surface area contributed by atoms with Gasteiger partial charge in [0.15, 0.2) is 0 Å². The average Bonchev–Trinajstić information content (AvgIpc) is 1.60. The molecule has 1 rings (SSSR count). The Morgan fingerprint density at radius 2 is 2.38 bits per heavy atom. The Morgan fingerprint density at radius 1 is 1.62 bits per heavy atom. The summed E-state index contributed by atoms with van der Waals surface area (Å²) in [5, 5.41) is 0. The second-order valence-electron chi connectivity index (χ2n) is 1.62. The predicted octanol–water partition coefficient (Wildman–Crippen LogP) is 0.127. The highest BCUT2D eigenvalue weighted by Crippen LogP contribution is 2.06. The van der Waals surface area contributed by atoms with Gasteiger partial charge in [0, 0.05) is 1.37 Å². The molecular formula is C4H8O3S. The molecule has 1 fully saturated rings. The summed E-state index contributed by atoms with van der Waals surface area (Å²) in [5.74, 6) is -0.146. The van der Waals surface area contributed by atoms with Crippen molar-refractivity contribution in [1.29, 1.82) is 0 Å². The molecular weight excluding hydrogens is 128 g/mol. The minimum absolute atomic E-state index is 0.146. The number of rotatable bonds is 0. The third-order valence-electron chi connectivity index (χ3n) is 0.907. The van der Waals surface area contributed by atoms with E-state index in [1.54, 1.807) is 0 Å². The van der Waals surface area contributed by atoms with Crippen LogP contribution >= 0.6 is 0 Å². The molecule has 1 heterocycles. The molecule has 0 radical (unpaired) electrons.